The van der Waals surface area contributed by atoms with Gasteiger partial charge in [0.15, 0.2) is 0 Å². The summed E-state index contributed by atoms with van der Waals surface area (Å²) in [5, 5.41) is 0.744. The molecule has 0 saturated carbocycles. The van der Waals surface area contributed by atoms with Gasteiger partial charge in [0.25, 0.3) is 0 Å². The summed E-state index contributed by atoms with van der Waals surface area (Å²) >= 11 is 13.2. The molecule has 1 nitrogen and oxygen atoms in total. The second-order valence-electron chi connectivity index (χ2n) is 3.66. The summed E-state index contributed by atoms with van der Waals surface area (Å²) in [6.45, 7) is 0. The highest BCUT2D eigenvalue weighted by atomic mass is 79.9. The van der Waals surface area contributed by atoms with Gasteiger partial charge in [-0.15, -0.1) is 0 Å². The van der Waals surface area contributed by atoms with Crippen LogP contribution in [0.25, 0.3) is 0 Å². The first kappa shape index (κ1) is 13.1. The second-order valence-corrected chi connectivity index (χ2v) is 6.05. The average molecular weight is 375 g/mol. The molecule has 1 unspecified atom stereocenters. The zero-order chi connectivity index (χ0) is 12.3. The topological polar surface area (TPSA) is 12.9 Å². The lowest BCUT2D eigenvalue weighted by Gasteiger charge is -2.12. The van der Waals surface area contributed by atoms with E-state index in [1.165, 1.54) is 0 Å². The van der Waals surface area contributed by atoms with Gasteiger partial charge in [0, 0.05) is 32.6 Å². The fraction of sp³-hybridized carbons (Fsp3) is 0.154. The number of alkyl halides is 1. The van der Waals surface area contributed by atoms with Crippen molar-refractivity contribution in [3.63, 3.8) is 0 Å². The molecule has 1 atom stereocenters. The smallest absolute Gasteiger partial charge is 0.0462 e. The number of benzene rings is 1. The van der Waals surface area contributed by atoms with Crippen molar-refractivity contribution in [3.05, 3.63) is 63.3 Å². The van der Waals surface area contributed by atoms with Crippen molar-refractivity contribution in [1.82, 2.24) is 4.98 Å². The summed E-state index contributed by atoms with van der Waals surface area (Å²) in [6, 6.07) is 11.7. The Hall–Kier alpha value is -0.380. The van der Waals surface area contributed by atoms with Gasteiger partial charge in [-0.2, -0.15) is 0 Å². The molecule has 0 aliphatic rings. The van der Waals surface area contributed by atoms with Crippen molar-refractivity contribution in [2.45, 2.75) is 11.2 Å². The summed E-state index contributed by atoms with van der Waals surface area (Å²) in [7, 11) is 0. The molecule has 1 aromatic heterocycles. The zero-order valence-electron chi connectivity index (χ0n) is 8.91. The van der Waals surface area contributed by atoms with Gasteiger partial charge in [-0.05, 0) is 35.9 Å². The third-order valence-corrected chi connectivity index (χ3v) is 4.18. The third-order valence-electron chi connectivity index (χ3n) is 2.41. The van der Waals surface area contributed by atoms with Gasteiger partial charge in [0.2, 0.25) is 0 Å². The largest absolute Gasteiger partial charge is 0.261 e. The number of nitrogens with zero attached hydrogens (tertiary/aromatic N) is 1. The number of pyridine rings is 1. The average Bonchev–Trinajstić information content (AvgIpc) is 2.33. The molecular formula is C13H10Br2ClN. The van der Waals surface area contributed by atoms with Gasteiger partial charge in [-0.3, -0.25) is 4.98 Å². The Morgan fingerprint density at radius 3 is 2.76 bits per heavy atom. The molecule has 0 amide bonds. The zero-order valence-corrected chi connectivity index (χ0v) is 12.8. The van der Waals surface area contributed by atoms with E-state index in [9.17, 15) is 0 Å². The molecule has 2 aromatic rings. The first-order valence-corrected chi connectivity index (χ1v) is 7.24. The highest BCUT2D eigenvalue weighted by Crippen LogP contribution is 2.33. The van der Waals surface area contributed by atoms with E-state index in [0.29, 0.717) is 0 Å². The van der Waals surface area contributed by atoms with Crippen LogP contribution in [0.4, 0.5) is 0 Å². The number of halogens is 3. The van der Waals surface area contributed by atoms with Crippen LogP contribution in [0, 0.1) is 0 Å². The Morgan fingerprint density at radius 2 is 2.06 bits per heavy atom. The van der Waals surface area contributed by atoms with Crippen LogP contribution >= 0.6 is 43.5 Å². The van der Waals surface area contributed by atoms with E-state index in [2.05, 4.69) is 36.8 Å². The summed E-state index contributed by atoms with van der Waals surface area (Å²) in [4.78, 5) is 4.52. The van der Waals surface area contributed by atoms with E-state index in [0.717, 1.165) is 27.2 Å². The molecule has 88 valence electrons. The molecule has 1 aromatic carbocycles. The van der Waals surface area contributed by atoms with E-state index < -0.39 is 0 Å². The van der Waals surface area contributed by atoms with Gasteiger partial charge in [0.05, 0.1) is 0 Å². The minimum absolute atomic E-state index is 0.200. The molecule has 0 N–H and O–H groups in total. The van der Waals surface area contributed by atoms with Gasteiger partial charge in [-0.1, -0.05) is 49.5 Å². The van der Waals surface area contributed by atoms with Gasteiger partial charge in [-0.25, -0.2) is 0 Å². The minimum atomic E-state index is 0.200. The van der Waals surface area contributed by atoms with Crippen LogP contribution in [0.15, 0.2) is 47.1 Å². The number of hydrogen-bond donors (Lipinski definition) is 0. The van der Waals surface area contributed by atoms with E-state index in [1.54, 1.807) is 0 Å². The van der Waals surface area contributed by atoms with E-state index >= 15 is 0 Å². The summed E-state index contributed by atoms with van der Waals surface area (Å²) in [6.07, 6.45) is 2.64. The molecule has 0 aliphatic heterocycles. The Morgan fingerprint density at radius 1 is 1.24 bits per heavy atom. The summed E-state index contributed by atoms with van der Waals surface area (Å²) in [5.41, 5.74) is 2.20. The first-order valence-electron chi connectivity index (χ1n) is 5.16. The van der Waals surface area contributed by atoms with Crippen LogP contribution in [0.3, 0.4) is 0 Å². The molecule has 0 aliphatic carbocycles. The van der Waals surface area contributed by atoms with Crippen molar-refractivity contribution in [3.8, 4) is 0 Å². The predicted molar refractivity (Wildman–Crippen MR) is 78.8 cm³/mol. The lowest BCUT2D eigenvalue weighted by Crippen LogP contribution is -1.98. The molecule has 2 rings (SSSR count). The van der Waals surface area contributed by atoms with Crippen molar-refractivity contribution >= 4 is 43.5 Å². The van der Waals surface area contributed by atoms with Gasteiger partial charge >= 0.3 is 0 Å². The molecule has 17 heavy (non-hydrogen) atoms. The predicted octanol–water partition coefficient (Wildman–Crippen LogP) is 5.18. The van der Waals surface area contributed by atoms with Crippen LogP contribution in [-0.2, 0) is 6.42 Å². The molecule has 0 radical (unpaired) electrons. The Balaban J connectivity index is 2.20. The molecule has 0 spiro atoms. The van der Waals surface area contributed by atoms with Crippen LogP contribution < -0.4 is 0 Å². The molecule has 4 heteroatoms. The van der Waals surface area contributed by atoms with E-state index in [-0.39, 0.29) is 4.83 Å². The molecule has 0 saturated heterocycles. The van der Waals surface area contributed by atoms with Gasteiger partial charge < -0.3 is 0 Å². The lowest BCUT2D eigenvalue weighted by atomic mass is 10.1. The SMILES string of the molecule is Clc1ccc(Br)c(C(Br)Cc2ccccn2)c1. The maximum absolute atomic E-state index is 6.01. The Labute approximate surface area is 122 Å². The summed E-state index contributed by atoms with van der Waals surface area (Å²) in [5.74, 6) is 0. The Bertz CT molecular complexity index is 502. The van der Waals surface area contributed by atoms with Gasteiger partial charge in [0.1, 0.15) is 0 Å². The number of hydrogen-bond acceptors (Lipinski definition) is 1. The van der Waals surface area contributed by atoms with Crippen molar-refractivity contribution in [2.75, 3.05) is 0 Å². The minimum Gasteiger partial charge on any atom is -0.261 e. The lowest BCUT2D eigenvalue weighted by molar-refractivity contribution is 0.901. The fourth-order valence-corrected chi connectivity index (χ4v) is 3.29. The molecule has 1 heterocycles. The number of aromatic nitrogens is 1. The van der Waals surface area contributed by atoms with Crippen LogP contribution in [0.5, 0.6) is 0 Å². The standard InChI is InChI=1S/C13H10Br2ClN/c14-12-5-4-9(16)7-11(12)13(15)8-10-3-1-2-6-17-10/h1-7,13H,8H2. The summed E-state index contributed by atoms with van der Waals surface area (Å²) < 4.78 is 1.06. The second kappa shape index (κ2) is 5.98. The van der Waals surface area contributed by atoms with Crippen molar-refractivity contribution < 1.29 is 0 Å². The molecule has 0 bridgehead atoms. The van der Waals surface area contributed by atoms with Crippen LogP contribution in [0.2, 0.25) is 5.02 Å². The van der Waals surface area contributed by atoms with E-state index in [4.69, 9.17) is 11.6 Å². The highest BCUT2D eigenvalue weighted by molar-refractivity contribution is 9.11. The molecular weight excluding hydrogens is 365 g/mol. The van der Waals surface area contributed by atoms with Crippen molar-refractivity contribution in [1.29, 1.82) is 0 Å². The van der Waals surface area contributed by atoms with Crippen LogP contribution in [-0.4, -0.2) is 4.98 Å². The fourth-order valence-electron chi connectivity index (χ4n) is 1.57. The Kier molecular flexibility index (Phi) is 4.60. The maximum Gasteiger partial charge on any atom is 0.0462 e. The van der Waals surface area contributed by atoms with Crippen molar-refractivity contribution in [2.24, 2.45) is 0 Å². The quantitative estimate of drug-likeness (QED) is 0.674. The first-order chi connectivity index (χ1) is 8.16. The monoisotopic (exact) mass is 373 g/mol. The normalized spacial score (nSPS) is 12.4. The molecule has 0 fully saturated rings. The number of rotatable bonds is 3. The van der Waals surface area contributed by atoms with E-state index in [1.807, 2.05) is 42.6 Å². The maximum atomic E-state index is 6.01. The highest BCUT2D eigenvalue weighted by Gasteiger charge is 2.13. The third kappa shape index (κ3) is 3.54. The van der Waals surface area contributed by atoms with Crippen LogP contribution in [0.1, 0.15) is 16.1 Å².